The Balaban J connectivity index is 1.84. The molecular formula is C16H22N2O2. The van der Waals surface area contributed by atoms with Crippen molar-refractivity contribution in [3.05, 3.63) is 23.8 Å². The van der Waals surface area contributed by atoms with Crippen LogP contribution in [0.3, 0.4) is 0 Å². The normalized spacial score (nSPS) is 25.9. The van der Waals surface area contributed by atoms with Gasteiger partial charge in [-0.2, -0.15) is 5.10 Å². The van der Waals surface area contributed by atoms with E-state index in [1.54, 1.807) is 0 Å². The average Bonchev–Trinajstić information content (AvgIpc) is 2.90. The average molecular weight is 274 g/mol. The van der Waals surface area contributed by atoms with Crippen molar-refractivity contribution >= 4 is 5.71 Å². The molecule has 1 aromatic rings. The largest absolute Gasteiger partial charge is 0.454 e. The van der Waals surface area contributed by atoms with Crippen LogP contribution in [0.4, 0.5) is 0 Å². The fraction of sp³-hybridized carbons (Fsp3) is 0.562. The first-order valence-corrected chi connectivity index (χ1v) is 7.38. The van der Waals surface area contributed by atoms with Crippen LogP contribution in [0.25, 0.3) is 0 Å². The second-order valence-electron chi connectivity index (χ2n) is 5.76. The topological polar surface area (TPSA) is 34.1 Å². The van der Waals surface area contributed by atoms with Crippen molar-refractivity contribution in [2.24, 2.45) is 5.10 Å². The highest BCUT2D eigenvalue weighted by Crippen LogP contribution is 2.33. The lowest BCUT2D eigenvalue weighted by molar-refractivity contribution is 0.108. The van der Waals surface area contributed by atoms with Gasteiger partial charge in [0.15, 0.2) is 11.5 Å². The molecule has 108 valence electrons. The first kappa shape index (κ1) is 13.3. The first-order valence-electron chi connectivity index (χ1n) is 7.38. The van der Waals surface area contributed by atoms with E-state index in [2.05, 4.69) is 25.8 Å². The smallest absolute Gasteiger partial charge is 0.231 e. The van der Waals surface area contributed by atoms with Crippen LogP contribution >= 0.6 is 0 Å². The van der Waals surface area contributed by atoms with Gasteiger partial charge in [0.1, 0.15) is 0 Å². The van der Waals surface area contributed by atoms with Crippen LogP contribution in [0, 0.1) is 0 Å². The Bertz CT molecular complexity index is 517. The van der Waals surface area contributed by atoms with Crippen molar-refractivity contribution in [2.45, 2.75) is 52.1 Å². The maximum atomic E-state index is 5.43. The van der Waals surface area contributed by atoms with E-state index in [0.29, 0.717) is 18.9 Å². The van der Waals surface area contributed by atoms with E-state index in [0.717, 1.165) is 22.8 Å². The molecule has 1 fully saturated rings. The minimum Gasteiger partial charge on any atom is -0.454 e. The molecule has 0 aliphatic carbocycles. The molecule has 1 aromatic carbocycles. The standard InChI is InChI=1S/C16H22N2O2/c1-11-5-4-6-12(2)18(11)17-13(3)14-7-8-15-16(9-14)20-10-19-15/h7-9,11-12H,4-6,10H2,1-3H3. The zero-order valence-corrected chi connectivity index (χ0v) is 12.4. The third kappa shape index (κ3) is 2.47. The summed E-state index contributed by atoms with van der Waals surface area (Å²) in [6.45, 7) is 6.89. The summed E-state index contributed by atoms with van der Waals surface area (Å²) in [6.07, 6.45) is 3.75. The van der Waals surface area contributed by atoms with Gasteiger partial charge in [-0.1, -0.05) is 0 Å². The molecule has 0 aromatic heterocycles. The Morgan fingerprint density at radius 2 is 1.85 bits per heavy atom. The van der Waals surface area contributed by atoms with E-state index in [9.17, 15) is 0 Å². The molecule has 2 aliphatic heterocycles. The van der Waals surface area contributed by atoms with Crippen molar-refractivity contribution in [3.8, 4) is 11.5 Å². The fourth-order valence-electron chi connectivity index (χ4n) is 2.96. The van der Waals surface area contributed by atoms with Gasteiger partial charge in [0.05, 0.1) is 5.71 Å². The number of ether oxygens (including phenoxy) is 2. The van der Waals surface area contributed by atoms with Gasteiger partial charge >= 0.3 is 0 Å². The number of hydrogen-bond acceptors (Lipinski definition) is 4. The molecule has 4 nitrogen and oxygen atoms in total. The molecule has 3 rings (SSSR count). The number of hydrazone groups is 1. The van der Waals surface area contributed by atoms with Gasteiger partial charge in [-0.05, 0) is 58.2 Å². The number of fused-ring (bicyclic) bond motifs is 1. The van der Waals surface area contributed by atoms with Crippen LogP contribution in [-0.2, 0) is 0 Å². The Morgan fingerprint density at radius 3 is 2.60 bits per heavy atom. The number of nitrogens with zero attached hydrogens (tertiary/aromatic N) is 2. The zero-order chi connectivity index (χ0) is 14.1. The van der Waals surface area contributed by atoms with Crippen LogP contribution in [-0.4, -0.2) is 29.6 Å². The summed E-state index contributed by atoms with van der Waals surface area (Å²) in [5, 5.41) is 7.10. The van der Waals surface area contributed by atoms with Crippen molar-refractivity contribution in [3.63, 3.8) is 0 Å². The molecule has 0 radical (unpaired) electrons. The zero-order valence-electron chi connectivity index (χ0n) is 12.4. The van der Waals surface area contributed by atoms with Crippen molar-refractivity contribution in [1.82, 2.24) is 5.01 Å². The van der Waals surface area contributed by atoms with E-state index < -0.39 is 0 Å². The van der Waals surface area contributed by atoms with Gasteiger partial charge in [-0.25, -0.2) is 0 Å². The summed E-state index contributed by atoms with van der Waals surface area (Å²) in [5.41, 5.74) is 2.13. The number of rotatable bonds is 2. The molecule has 20 heavy (non-hydrogen) atoms. The molecule has 0 spiro atoms. The van der Waals surface area contributed by atoms with Gasteiger partial charge in [0, 0.05) is 17.6 Å². The molecule has 2 atom stereocenters. The Labute approximate surface area is 120 Å². The molecule has 2 heterocycles. The Hall–Kier alpha value is -1.71. The van der Waals surface area contributed by atoms with Gasteiger partial charge in [0.25, 0.3) is 0 Å². The minimum absolute atomic E-state index is 0.315. The van der Waals surface area contributed by atoms with Gasteiger partial charge < -0.3 is 9.47 Å². The Kier molecular flexibility index (Phi) is 3.55. The summed E-state index contributed by atoms with van der Waals surface area (Å²) >= 11 is 0. The van der Waals surface area contributed by atoms with Crippen LogP contribution in [0.15, 0.2) is 23.3 Å². The maximum absolute atomic E-state index is 5.43. The van der Waals surface area contributed by atoms with Crippen molar-refractivity contribution in [2.75, 3.05) is 6.79 Å². The van der Waals surface area contributed by atoms with Crippen LogP contribution < -0.4 is 9.47 Å². The van der Waals surface area contributed by atoms with Crippen LogP contribution in [0.2, 0.25) is 0 Å². The van der Waals surface area contributed by atoms with E-state index in [-0.39, 0.29) is 0 Å². The van der Waals surface area contributed by atoms with Crippen LogP contribution in [0.5, 0.6) is 11.5 Å². The molecule has 2 unspecified atom stereocenters. The minimum atomic E-state index is 0.315. The molecular weight excluding hydrogens is 252 g/mol. The van der Waals surface area contributed by atoms with Gasteiger partial charge in [-0.15, -0.1) is 0 Å². The second-order valence-corrected chi connectivity index (χ2v) is 5.76. The molecule has 1 saturated heterocycles. The lowest BCUT2D eigenvalue weighted by Crippen LogP contribution is -2.40. The molecule has 0 N–H and O–H groups in total. The van der Waals surface area contributed by atoms with E-state index in [4.69, 9.17) is 14.6 Å². The third-order valence-corrected chi connectivity index (χ3v) is 4.20. The van der Waals surface area contributed by atoms with Crippen molar-refractivity contribution < 1.29 is 9.47 Å². The quantitative estimate of drug-likeness (QED) is 0.775. The summed E-state index contributed by atoms with van der Waals surface area (Å²) in [5.74, 6) is 1.64. The number of benzene rings is 1. The number of piperidine rings is 1. The van der Waals surface area contributed by atoms with Gasteiger partial charge in [-0.3, -0.25) is 5.01 Å². The third-order valence-electron chi connectivity index (χ3n) is 4.20. The van der Waals surface area contributed by atoms with Crippen LogP contribution in [0.1, 0.15) is 45.6 Å². The highest BCUT2D eigenvalue weighted by molar-refractivity contribution is 5.99. The summed E-state index contributed by atoms with van der Waals surface area (Å²) in [6, 6.07) is 7.05. The first-order chi connectivity index (χ1) is 9.65. The monoisotopic (exact) mass is 274 g/mol. The summed E-state index contributed by atoms with van der Waals surface area (Å²) in [4.78, 5) is 0. The number of hydrogen-bond donors (Lipinski definition) is 0. The summed E-state index contributed by atoms with van der Waals surface area (Å²) in [7, 11) is 0. The molecule has 4 heteroatoms. The van der Waals surface area contributed by atoms with E-state index in [1.807, 2.05) is 18.2 Å². The van der Waals surface area contributed by atoms with E-state index >= 15 is 0 Å². The Morgan fingerprint density at radius 1 is 1.15 bits per heavy atom. The summed E-state index contributed by atoms with van der Waals surface area (Å²) < 4.78 is 10.8. The molecule has 2 aliphatic rings. The highest BCUT2D eigenvalue weighted by Gasteiger charge is 2.23. The SMILES string of the molecule is CC(=NN1C(C)CCCC1C)c1ccc2c(c1)OCO2. The highest BCUT2D eigenvalue weighted by atomic mass is 16.7. The lowest BCUT2D eigenvalue weighted by atomic mass is 10.00. The molecule has 0 amide bonds. The fourth-order valence-corrected chi connectivity index (χ4v) is 2.96. The molecule has 0 saturated carbocycles. The van der Waals surface area contributed by atoms with Gasteiger partial charge in [0.2, 0.25) is 6.79 Å². The second kappa shape index (κ2) is 5.35. The van der Waals surface area contributed by atoms with Crippen molar-refractivity contribution in [1.29, 1.82) is 0 Å². The predicted molar refractivity (Wildman–Crippen MR) is 79.4 cm³/mol. The lowest BCUT2D eigenvalue weighted by Gasteiger charge is -2.37. The molecule has 0 bridgehead atoms. The predicted octanol–water partition coefficient (Wildman–Crippen LogP) is 3.40. The van der Waals surface area contributed by atoms with E-state index in [1.165, 1.54) is 19.3 Å². The maximum Gasteiger partial charge on any atom is 0.231 e.